The van der Waals surface area contributed by atoms with E-state index >= 15 is 0 Å². The molecule has 1 heterocycles. The molecular weight excluding hydrogens is 471 g/mol. The van der Waals surface area contributed by atoms with Crippen molar-refractivity contribution in [1.29, 1.82) is 0 Å². The molecule has 2 bridgehead atoms. The zero-order valence-corrected chi connectivity index (χ0v) is 22.4. The Kier molecular flexibility index (Phi) is 6.61. The van der Waals surface area contributed by atoms with Gasteiger partial charge in [0.05, 0.1) is 12.7 Å². The lowest BCUT2D eigenvalue weighted by molar-refractivity contribution is -0.207. The topological polar surface area (TPSA) is 102 Å². The zero-order valence-electron chi connectivity index (χ0n) is 22.4. The van der Waals surface area contributed by atoms with Crippen molar-refractivity contribution in [2.24, 2.45) is 34.0 Å². The van der Waals surface area contributed by atoms with Crippen LogP contribution in [0.25, 0.3) is 0 Å². The van der Waals surface area contributed by atoms with E-state index in [4.69, 9.17) is 14.1 Å². The number of carbonyl (C=O) groups excluding carboxylic acids is 2. The number of benzene rings is 1. The smallest absolute Gasteiger partial charge is 0.482 e. The summed E-state index contributed by atoms with van der Waals surface area (Å²) in [7, 11) is -0.936. The Labute approximate surface area is 219 Å². The van der Waals surface area contributed by atoms with E-state index in [2.05, 4.69) is 27.4 Å². The van der Waals surface area contributed by atoms with E-state index in [0.717, 1.165) is 24.8 Å². The van der Waals surface area contributed by atoms with Crippen molar-refractivity contribution in [2.45, 2.75) is 78.6 Å². The second-order valence-corrected chi connectivity index (χ2v) is 12.4. The van der Waals surface area contributed by atoms with Crippen molar-refractivity contribution in [3.8, 4) is 5.75 Å². The average molecular weight is 510 g/mol. The highest BCUT2D eigenvalue weighted by molar-refractivity contribution is 6.61. The van der Waals surface area contributed by atoms with Gasteiger partial charge in [0.1, 0.15) is 17.6 Å². The molecule has 7 nitrogen and oxygen atoms in total. The van der Waals surface area contributed by atoms with Crippen LogP contribution in [0.3, 0.4) is 0 Å². The lowest BCUT2D eigenvalue weighted by atomic mass is 9.44. The summed E-state index contributed by atoms with van der Waals surface area (Å²) < 4.78 is 17.2. The minimum Gasteiger partial charge on any atom is -0.482 e. The third-order valence-electron chi connectivity index (χ3n) is 10.7. The van der Waals surface area contributed by atoms with Gasteiger partial charge in [-0.25, -0.2) is 4.79 Å². The first kappa shape index (κ1) is 26.5. The minimum atomic E-state index is -0.936. The quantitative estimate of drug-likeness (QED) is 0.356. The molecule has 0 unspecified atom stereocenters. The zero-order chi connectivity index (χ0) is 26.8. The Balaban J connectivity index is 1.42. The SMILES string of the molecule is C=C[C@]1(C)C[C@@H](OC(=O)COc2ccc3c(c2)COB3O)[C@]2(C)[C@H](C)CC[C@]3(CCC(=O)[C@H]32)[C@@H](C)[C@@H]1O. The second kappa shape index (κ2) is 9.24. The number of hydrogen-bond acceptors (Lipinski definition) is 7. The summed E-state index contributed by atoms with van der Waals surface area (Å²) in [4.78, 5) is 26.7. The van der Waals surface area contributed by atoms with Crippen molar-refractivity contribution < 1.29 is 33.8 Å². The van der Waals surface area contributed by atoms with Gasteiger partial charge in [0.2, 0.25) is 0 Å². The van der Waals surface area contributed by atoms with E-state index in [0.29, 0.717) is 24.1 Å². The van der Waals surface area contributed by atoms with E-state index in [9.17, 15) is 19.7 Å². The molecule has 0 amide bonds. The van der Waals surface area contributed by atoms with Crippen LogP contribution in [-0.4, -0.2) is 47.8 Å². The van der Waals surface area contributed by atoms with Gasteiger partial charge in [-0.2, -0.15) is 0 Å². The number of carbonyl (C=O) groups is 2. The van der Waals surface area contributed by atoms with Gasteiger partial charge in [0.15, 0.2) is 6.61 Å². The maximum atomic E-state index is 13.5. The molecule has 8 heteroatoms. The highest BCUT2D eigenvalue weighted by Crippen LogP contribution is 2.68. The first-order chi connectivity index (χ1) is 17.5. The maximum absolute atomic E-state index is 13.5. The monoisotopic (exact) mass is 510 g/mol. The second-order valence-electron chi connectivity index (χ2n) is 12.4. The van der Waals surface area contributed by atoms with Crippen molar-refractivity contribution in [2.75, 3.05) is 6.61 Å². The lowest BCUT2D eigenvalue weighted by Gasteiger charge is -2.61. The molecule has 1 aromatic carbocycles. The molecule has 0 saturated heterocycles. The highest BCUT2D eigenvalue weighted by atomic mass is 16.6. The molecule has 8 atom stereocenters. The molecule has 3 aliphatic carbocycles. The third kappa shape index (κ3) is 3.98. The fourth-order valence-corrected chi connectivity index (χ4v) is 8.13. The summed E-state index contributed by atoms with van der Waals surface area (Å²) in [6, 6.07) is 5.19. The Hall–Kier alpha value is -2.16. The van der Waals surface area contributed by atoms with E-state index in [-0.39, 0.29) is 42.2 Å². The highest BCUT2D eigenvalue weighted by Gasteiger charge is 2.68. The number of rotatable bonds is 5. The molecule has 1 aliphatic heterocycles. The number of aliphatic hydroxyl groups is 1. The maximum Gasteiger partial charge on any atom is 0.491 e. The van der Waals surface area contributed by atoms with Gasteiger partial charge in [-0.3, -0.25) is 4.79 Å². The number of fused-ring (bicyclic) bond motifs is 1. The molecule has 37 heavy (non-hydrogen) atoms. The number of ether oxygens (including phenoxy) is 2. The van der Waals surface area contributed by atoms with Gasteiger partial charge in [-0.15, -0.1) is 6.58 Å². The predicted molar refractivity (Wildman–Crippen MR) is 139 cm³/mol. The van der Waals surface area contributed by atoms with Crippen LogP contribution in [-0.2, 0) is 25.6 Å². The normalized spacial score (nSPS) is 40.9. The fourth-order valence-electron chi connectivity index (χ4n) is 8.13. The number of esters is 1. The number of ketones is 1. The molecule has 3 fully saturated rings. The molecule has 4 aliphatic rings. The van der Waals surface area contributed by atoms with Gasteiger partial charge in [-0.1, -0.05) is 39.8 Å². The molecular formula is C29H39BO7. The minimum absolute atomic E-state index is 0.0685. The van der Waals surface area contributed by atoms with E-state index in [1.807, 2.05) is 6.92 Å². The summed E-state index contributed by atoms with van der Waals surface area (Å²) >= 11 is 0. The number of aliphatic hydroxyl groups excluding tert-OH is 1. The number of hydrogen-bond donors (Lipinski definition) is 2. The molecule has 0 radical (unpaired) electrons. The summed E-state index contributed by atoms with van der Waals surface area (Å²) in [5.74, 6) is 0.0618. The van der Waals surface area contributed by atoms with Crippen LogP contribution in [0.4, 0.5) is 0 Å². The lowest BCUT2D eigenvalue weighted by Crippen LogP contribution is -2.63. The summed E-state index contributed by atoms with van der Waals surface area (Å²) in [6.07, 6.45) is 4.02. The van der Waals surface area contributed by atoms with E-state index in [1.54, 1.807) is 24.3 Å². The van der Waals surface area contributed by atoms with Crippen LogP contribution in [0.2, 0.25) is 0 Å². The van der Waals surface area contributed by atoms with Crippen LogP contribution < -0.4 is 10.2 Å². The first-order valence-corrected chi connectivity index (χ1v) is 13.6. The molecule has 0 aromatic heterocycles. The largest absolute Gasteiger partial charge is 0.491 e. The van der Waals surface area contributed by atoms with E-state index < -0.39 is 36.1 Å². The molecule has 200 valence electrons. The van der Waals surface area contributed by atoms with Crippen LogP contribution in [0.1, 0.15) is 65.4 Å². The molecule has 2 N–H and O–H groups in total. The van der Waals surface area contributed by atoms with Gasteiger partial charge < -0.3 is 24.3 Å². The molecule has 5 rings (SSSR count). The van der Waals surface area contributed by atoms with Gasteiger partial charge >= 0.3 is 13.1 Å². The third-order valence-corrected chi connectivity index (χ3v) is 10.7. The Bertz CT molecular complexity index is 1110. The van der Waals surface area contributed by atoms with Crippen molar-refractivity contribution >= 4 is 24.3 Å². The molecule has 1 aromatic rings. The van der Waals surface area contributed by atoms with Crippen molar-refractivity contribution in [1.82, 2.24) is 0 Å². The van der Waals surface area contributed by atoms with E-state index in [1.165, 1.54) is 0 Å². The van der Waals surface area contributed by atoms with Crippen molar-refractivity contribution in [3.05, 3.63) is 36.4 Å². The average Bonchev–Trinajstić information content (AvgIpc) is 3.43. The summed E-state index contributed by atoms with van der Waals surface area (Å²) in [5.41, 5.74) is -0.0109. The van der Waals surface area contributed by atoms with Crippen LogP contribution >= 0.6 is 0 Å². The summed E-state index contributed by atoms with van der Waals surface area (Å²) in [5, 5.41) is 21.4. The molecule has 0 spiro atoms. The fraction of sp³-hybridized carbons (Fsp3) is 0.655. The Morgan fingerprint density at radius 1 is 1.30 bits per heavy atom. The Morgan fingerprint density at radius 2 is 2.05 bits per heavy atom. The summed E-state index contributed by atoms with van der Waals surface area (Å²) in [6.45, 7) is 12.4. The van der Waals surface area contributed by atoms with Crippen LogP contribution in [0.5, 0.6) is 5.75 Å². The number of Topliss-reactive ketones (excluding diaryl/α,β-unsaturated/α-hetero) is 1. The van der Waals surface area contributed by atoms with Crippen LogP contribution in [0, 0.1) is 34.0 Å². The van der Waals surface area contributed by atoms with Crippen molar-refractivity contribution in [3.63, 3.8) is 0 Å². The van der Waals surface area contributed by atoms with Gasteiger partial charge in [0, 0.05) is 23.2 Å². The molecule has 3 saturated carbocycles. The standard InChI is InChI=1S/C29H39BO7/c1-6-27(4)14-23(37-24(32)16-35-20-7-8-21-19(13-20)15-36-30(21)34)28(5)17(2)9-11-29(18(3)26(27)33)12-10-22(31)25(28)29/h6-8,13,17-18,23,25-26,33-34H,1,9-12,14-16H2,2-5H3/t17-,18+,23-,25+,26+,27-,28+,29+/m1/s1. The van der Waals surface area contributed by atoms with Crippen LogP contribution in [0.15, 0.2) is 30.9 Å². The predicted octanol–water partition coefficient (Wildman–Crippen LogP) is 3.19. The first-order valence-electron chi connectivity index (χ1n) is 13.6. The Morgan fingerprint density at radius 3 is 2.78 bits per heavy atom. The van der Waals surface area contributed by atoms with Gasteiger partial charge in [0.25, 0.3) is 0 Å². The van der Waals surface area contributed by atoms with Gasteiger partial charge in [-0.05, 0) is 66.1 Å².